The van der Waals surface area contributed by atoms with Gasteiger partial charge in [0.05, 0.1) is 0 Å². The van der Waals surface area contributed by atoms with E-state index in [1.807, 2.05) is 0 Å². The summed E-state index contributed by atoms with van der Waals surface area (Å²) in [5.41, 5.74) is 2.33. The van der Waals surface area contributed by atoms with Gasteiger partial charge in [0.25, 0.3) is 0 Å². The summed E-state index contributed by atoms with van der Waals surface area (Å²) in [6.07, 6.45) is 13.2. The maximum atomic E-state index is 2.42. The molecule has 2 aliphatic rings. The Labute approximate surface area is 121 Å². The van der Waals surface area contributed by atoms with E-state index in [-0.39, 0.29) is 24.8 Å². The summed E-state index contributed by atoms with van der Waals surface area (Å²) in [7, 11) is 0. The summed E-state index contributed by atoms with van der Waals surface area (Å²) in [5, 5.41) is 0. The SMILES string of the molecule is CCC1(C2=[C]([Zr])CC=C2)CCCC1.Cl.Cl. The van der Waals surface area contributed by atoms with Gasteiger partial charge in [-0.3, -0.25) is 0 Å². The predicted octanol–water partition coefficient (Wildman–Crippen LogP) is 4.56. The van der Waals surface area contributed by atoms with Gasteiger partial charge in [-0.25, -0.2) is 0 Å². The van der Waals surface area contributed by atoms with Crippen LogP contribution < -0.4 is 0 Å². The molecular weight excluding hydrogens is 306 g/mol. The van der Waals surface area contributed by atoms with Crippen LogP contribution in [0.1, 0.15) is 45.4 Å². The van der Waals surface area contributed by atoms with Gasteiger partial charge in [0, 0.05) is 0 Å². The normalized spacial score (nSPS) is 22.4. The molecule has 0 N–H and O–H groups in total. The molecule has 0 radical (unpaired) electrons. The van der Waals surface area contributed by atoms with Crippen molar-refractivity contribution in [1.29, 1.82) is 0 Å². The molecule has 0 heterocycles. The Balaban J connectivity index is 0.000000980. The Morgan fingerprint density at radius 3 is 2.27 bits per heavy atom. The van der Waals surface area contributed by atoms with E-state index in [1.54, 1.807) is 33.6 Å². The molecule has 2 aliphatic carbocycles. The fourth-order valence-corrected chi connectivity index (χ4v) is 4.01. The third-order valence-corrected chi connectivity index (χ3v) is 4.90. The zero-order valence-electron chi connectivity index (χ0n) is 9.21. The monoisotopic (exact) mass is 323 g/mol. The van der Waals surface area contributed by atoms with Crippen molar-refractivity contribution in [2.45, 2.75) is 45.4 Å². The van der Waals surface area contributed by atoms with E-state index in [0.717, 1.165) is 0 Å². The fourth-order valence-electron chi connectivity index (χ4n) is 2.87. The van der Waals surface area contributed by atoms with Crippen molar-refractivity contribution in [2.24, 2.45) is 5.41 Å². The van der Waals surface area contributed by atoms with Crippen LogP contribution in [0.4, 0.5) is 0 Å². The second-order valence-corrected chi connectivity index (χ2v) is 5.82. The Hall–Kier alpha value is 0.943. The van der Waals surface area contributed by atoms with Gasteiger partial charge in [-0.05, 0) is 0 Å². The van der Waals surface area contributed by atoms with Gasteiger partial charge in [-0.1, -0.05) is 0 Å². The molecule has 85 valence electrons. The standard InChI is InChI=1S/C12H17.2ClH.Zr/c1-2-12(9-5-6-10-12)11-7-3-4-8-11;;;/h3,7H,2,4-6,9-10H2,1H3;2*1H;. The minimum atomic E-state index is 0. The topological polar surface area (TPSA) is 0 Å². The molecule has 0 nitrogen and oxygen atoms in total. The van der Waals surface area contributed by atoms with E-state index in [9.17, 15) is 0 Å². The van der Waals surface area contributed by atoms with Gasteiger partial charge < -0.3 is 0 Å². The van der Waals surface area contributed by atoms with Gasteiger partial charge in [0.1, 0.15) is 0 Å². The van der Waals surface area contributed by atoms with E-state index in [1.165, 1.54) is 38.5 Å². The third kappa shape index (κ3) is 2.99. The maximum absolute atomic E-state index is 2.42. The van der Waals surface area contributed by atoms with Gasteiger partial charge in [0.2, 0.25) is 0 Å². The molecule has 1 saturated carbocycles. The molecule has 0 atom stereocenters. The zero-order valence-corrected chi connectivity index (χ0v) is 13.3. The molecule has 0 aromatic rings. The molecule has 0 amide bonds. The molecular formula is C12H19Cl2Zr. The summed E-state index contributed by atoms with van der Waals surface area (Å²) in [4.78, 5) is 0. The largest absolute Gasteiger partial charge is 0.147 e. The minimum absolute atomic E-state index is 0. The molecule has 0 spiro atoms. The van der Waals surface area contributed by atoms with Gasteiger partial charge in [0.15, 0.2) is 0 Å². The molecule has 1 fully saturated rings. The van der Waals surface area contributed by atoms with Crippen LogP contribution in [0.3, 0.4) is 0 Å². The second-order valence-electron chi connectivity index (χ2n) is 4.34. The van der Waals surface area contributed by atoms with E-state index < -0.39 is 0 Å². The first kappa shape index (κ1) is 15.9. The summed E-state index contributed by atoms with van der Waals surface area (Å²) in [6, 6.07) is 0. The Morgan fingerprint density at radius 1 is 1.27 bits per heavy atom. The van der Waals surface area contributed by atoms with Crippen LogP contribution in [0.15, 0.2) is 21.0 Å². The molecule has 0 unspecified atom stereocenters. The third-order valence-electron chi connectivity index (χ3n) is 3.74. The van der Waals surface area contributed by atoms with Crippen LogP contribution in [0.5, 0.6) is 0 Å². The van der Waals surface area contributed by atoms with Crippen molar-refractivity contribution in [3.05, 3.63) is 21.0 Å². The van der Waals surface area contributed by atoms with Crippen LogP contribution in [0.2, 0.25) is 0 Å². The van der Waals surface area contributed by atoms with Gasteiger partial charge in [-0.15, -0.1) is 24.8 Å². The Morgan fingerprint density at radius 2 is 1.87 bits per heavy atom. The van der Waals surface area contributed by atoms with Crippen molar-refractivity contribution in [1.82, 2.24) is 0 Å². The van der Waals surface area contributed by atoms with E-state index in [2.05, 4.69) is 19.1 Å². The average molecular weight is 325 g/mol. The van der Waals surface area contributed by atoms with Crippen LogP contribution in [0.25, 0.3) is 0 Å². The van der Waals surface area contributed by atoms with Crippen LogP contribution in [-0.2, 0) is 24.7 Å². The summed E-state index contributed by atoms with van der Waals surface area (Å²) in [6.45, 7) is 2.37. The number of halogens is 2. The number of hydrogen-bond acceptors (Lipinski definition) is 0. The fraction of sp³-hybridized carbons (Fsp3) is 0.667. The van der Waals surface area contributed by atoms with Crippen LogP contribution in [-0.4, -0.2) is 0 Å². The van der Waals surface area contributed by atoms with E-state index in [4.69, 9.17) is 0 Å². The summed E-state index contributed by atoms with van der Waals surface area (Å²) >= 11 is 1.64. The van der Waals surface area contributed by atoms with E-state index >= 15 is 0 Å². The van der Waals surface area contributed by atoms with Crippen molar-refractivity contribution in [3.8, 4) is 0 Å². The van der Waals surface area contributed by atoms with Crippen LogP contribution >= 0.6 is 24.8 Å². The van der Waals surface area contributed by atoms with Crippen LogP contribution in [0, 0.1) is 5.41 Å². The number of allylic oxidation sites excluding steroid dienone is 4. The molecule has 0 aromatic carbocycles. The molecule has 0 aliphatic heterocycles. The summed E-state index contributed by atoms with van der Waals surface area (Å²) in [5.74, 6) is 0. The van der Waals surface area contributed by atoms with Crippen molar-refractivity contribution >= 4 is 24.8 Å². The Bertz CT molecular complexity index is 263. The van der Waals surface area contributed by atoms with Gasteiger partial charge >= 0.3 is 96.6 Å². The first-order valence-corrected chi connectivity index (χ1v) is 6.63. The molecule has 15 heavy (non-hydrogen) atoms. The smallest absolute Gasteiger partial charge is 0.147 e. The molecule has 3 heteroatoms. The van der Waals surface area contributed by atoms with E-state index in [0.29, 0.717) is 5.41 Å². The van der Waals surface area contributed by atoms with Gasteiger partial charge in [-0.2, -0.15) is 0 Å². The predicted molar refractivity (Wildman–Crippen MR) is 66.5 cm³/mol. The van der Waals surface area contributed by atoms with Crippen molar-refractivity contribution in [2.75, 3.05) is 0 Å². The minimum Gasteiger partial charge on any atom is -0.147 e. The molecule has 0 aromatic heterocycles. The van der Waals surface area contributed by atoms with Crippen molar-refractivity contribution in [3.63, 3.8) is 0 Å². The quantitative estimate of drug-likeness (QED) is 0.698. The molecule has 0 saturated heterocycles. The molecule has 0 bridgehead atoms. The second kappa shape index (κ2) is 6.62. The van der Waals surface area contributed by atoms with Crippen molar-refractivity contribution < 1.29 is 24.7 Å². The zero-order chi connectivity index (χ0) is 9.31. The summed E-state index contributed by atoms with van der Waals surface area (Å²) < 4.78 is 1.72. The average Bonchev–Trinajstić information content (AvgIpc) is 2.73. The number of rotatable bonds is 2. The Kier molecular flexibility index (Phi) is 7.04. The first-order chi connectivity index (χ1) is 6.28. The molecule has 2 rings (SSSR count). The number of hydrogen-bond donors (Lipinski definition) is 0. The first-order valence-electron chi connectivity index (χ1n) is 5.40. The maximum Gasteiger partial charge on any atom is -0.147 e.